The Balaban J connectivity index is 1.72. The second-order valence-corrected chi connectivity index (χ2v) is 7.44. The van der Waals surface area contributed by atoms with E-state index >= 15 is 0 Å². The lowest BCUT2D eigenvalue weighted by Crippen LogP contribution is -2.33. The predicted octanol–water partition coefficient (Wildman–Crippen LogP) is 3.67. The molecule has 4 nitrogen and oxygen atoms in total. The Morgan fingerprint density at radius 3 is 2.95 bits per heavy atom. The van der Waals surface area contributed by atoms with E-state index < -0.39 is 0 Å². The van der Waals surface area contributed by atoms with Gasteiger partial charge in [0, 0.05) is 29.0 Å². The third-order valence-electron chi connectivity index (χ3n) is 3.74. The van der Waals surface area contributed by atoms with Gasteiger partial charge in [0.15, 0.2) is 0 Å². The number of aromatic nitrogens is 1. The largest absolute Gasteiger partial charge is 0.361 e. The number of amides is 1. The maximum atomic E-state index is 12.7. The lowest BCUT2D eigenvalue weighted by atomic mass is 10.1. The average Bonchev–Trinajstić information content (AvgIpc) is 3.03. The Morgan fingerprint density at radius 2 is 2.29 bits per heavy atom. The van der Waals surface area contributed by atoms with Crippen LogP contribution in [0.1, 0.15) is 38.4 Å². The summed E-state index contributed by atoms with van der Waals surface area (Å²) in [5.41, 5.74) is 1.32. The molecule has 1 unspecified atom stereocenters. The molecule has 1 aliphatic heterocycles. The summed E-state index contributed by atoms with van der Waals surface area (Å²) < 4.78 is 5.12. The topological polar surface area (TPSA) is 46.3 Å². The Morgan fingerprint density at radius 1 is 1.43 bits per heavy atom. The van der Waals surface area contributed by atoms with E-state index in [-0.39, 0.29) is 5.91 Å². The Labute approximate surface area is 132 Å². The van der Waals surface area contributed by atoms with E-state index in [4.69, 9.17) is 4.52 Å². The van der Waals surface area contributed by atoms with Crippen LogP contribution < -0.4 is 0 Å². The standard InChI is InChI=1S/C15H18N2O2S2/c1-10-14(11(2)19-16-10)15(18)17-6-5-13(21-9-7-17)12-4-3-8-20-12/h3-4,8,13H,5-7,9H2,1-2H3. The maximum Gasteiger partial charge on any atom is 0.259 e. The summed E-state index contributed by atoms with van der Waals surface area (Å²) in [4.78, 5) is 16.0. The summed E-state index contributed by atoms with van der Waals surface area (Å²) in [6.45, 7) is 5.20. The molecule has 21 heavy (non-hydrogen) atoms. The molecule has 3 rings (SSSR count). The summed E-state index contributed by atoms with van der Waals surface area (Å²) in [7, 11) is 0. The quantitative estimate of drug-likeness (QED) is 0.846. The number of hydrogen-bond donors (Lipinski definition) is 0. The maximum absolute atomic E-state index is 12.7. The lowest BCUT2D eigenvalue weighted by Gasteiger charge is -2.20. The Kier molecular flexibility index (Phi) is 4.35. The van der Waals surface area contributed by atoms with Crippen molar-refractivity contribution in [3.05, 3.63) is 39.4 Å². The first-order valence-electron chi connectivity index (χ1n) is 7.04. The molecule has 112 valence electrons. The smallest absolute Gasteiger partial charge is 0.259 e. The van der Waals surface area contributed by atoms with Crippen LogP contribution in [-0.4, -0.2) is 34.8 Å². The molecule has 3 heterocycles. The van der Waals surface area contributed by atoms with Crippen LogP contribution in [0.5, 0.6) is 0 Å². The minimum absolute atomic E-state index is 0.0543. The number of thiophene rings is 1. The van der Waals surface area contributed by atoms with Crippen LogP contribution in [0.4, 0.5) is 0 Å². The van der Waals surface area contributed by atoms with Crippen molar-refractivity contribution < 1.29 is 9.32 Å². The van der Waals surface area contributed by atoms with E-state index in [2.05, 4.69) is 22.7 Å². The van der Waals surface area contributed by atoms with Gasteiger partial charge in [0.05, 0.1) is 5.69 Å². The van der Waals surface area contributed by atoms with Gasteiger partial charge in [-0.05, 0) is 31.7 Å². The van der Waals surface area contributed by atoms with Crippen molar-refractivity contribution in [3.63, 3.8) is 0 Å². The van der Waals surface area contributed by atoms with Gasteiger partial charge in [0.1, 0.15) is 11.3 Å². The molecular formula is C15H18N2O2S2. The van der Waals surface area contributed by atoms with Crippen LogP contribution in [-0.2, 0) is 0 Å². The molecule has 6 heteroatoms. The molecule has 1 amide bonds. The predicted molar refractivity (Wildman–Crippen MR) is 86.0 cm³/mol. The van der Waals surface area contributed by atoms with Crippen LogP contribution >= 0.6 is 23.1 Å². The minimum Gasteiger partial charge on any atom is -0.361 e. The minimum atomic E-state index is 0.0543. The molecule has 1 aliphatic rings. The summed E-state index contributed by atoms with van der Waals surface area (Å²) in [6.07, 6.45) is 1.00. The molecular weight excluding hydrogens is 304 g/mol. The highest BCUT2D eigenvalue weighted by Crippen LogP contribution is 2.37. The lowest BCUT2D eigenvalue weighted by molar-refractivity contribution is 0.0764. The molecule has 0 aliphatic carbocycles. The van der Waals surface area contributed by atoms with Crippen LogP contribution in [0.2, 0.25) is 0 Å². The Bertz CT molecular complexity index is 602. The fourth-order valence-electron chi connectivity index (χ4n) is 2.62. The van der Waals surface area contributed by atoms with Crippen molar-refractivity contribution in [1.82, 2.24) is 10.1 Å². The van der Waals surface area contributed by atoms with E-state index in [0.717, 1.165) is 25.3 Å². The zero-order chi connectivity index (χ0) is 14.8. The number of carbonyl (C=O) groups is 1. The highest BCUT2D eigenvalue weighted by molar-refractivity contribution is 7.99. The molecule has 0 spiro atoms. The van der Waals surface area contributed by atoms with Gasteiger partial charge >= 0.3 is 0 Å². The first-order chi connectivity index (χ1) is 10.2. The number of thioether (sulfide) groups is 1. The second-order valence-electron chi connectivity index (χ2n) is 5.15. The molecule has 0 N–H and O–H groups in total. The van der Waals surface area contributed by atoms with Gasteiger partial charge in [-0.2, -0.15) is 11.8 Å². The number of carbonyl (C=O) groups excluding carboxylic acids is 1. The molecule has 0 radical (unpaired) electrons. The number of aryl methyl sites for hydroxylation is 2. The first kappa shape index (κ1) is 14.7. The van der Waals surface area contributed by atoms with Gasteiger partial charge in [-0.1, -0.05) is 11.2 Å². The van der Waals surface area contributed by atoms with Gasteiger partial charge in [-0.3, -0.25) is 4.79 Å². The van der Waals surface area contributed by atoms with E-state index in [9.17, 15) is 4.79 Å². The summed E-state index contributed by atoms with van der Waals surface area (Å²) in [6, 6.07) is 4.28. The van der Waals surface area contributed by atoms with E-state index in [0.29, 0.717) is 22.3 Å². The van der Waals surface area contributed by atoms with Gasteiger partial charge in [0.2, 0.25) is 0 Å². The van der Waals surface area contributed by atoms with Gasteiger partial charge in [-0.15, -0.1) is 11.3 Å². The van der Waals surface area contributed by atoms with Crippen LogP contribution in [0, 0.1) is 13.8 Å². The second kappa shape index (κ2) is 6.23. The molecule has 0 saturated carbocycles. The van der Waals surface area contributed by atoms with Gasteiger partial charge in [-0.25, -0.2) is 0 Å². The summed E-state index contributed by atoms with van der Waals surface area (Å²) in [5, 5.41) is 6.51. The highest BCUT2D eigenvalue weighted by atomic mass is 32.2. The van der Waals surface area contributed by atoms with Crippen LogP contribution in [0.3, 0.4) is 0 Å². The van der Waals surface area contributed by atoms with E-state index in [1.165, 1.54) is 4.88 Å². The van der Waals surface area contributed by atoms with Gasteiger partial charge in [0.25, 0.3) is 5.91 Å². The van der Waals surface area contributed by atoms with Crippen molar-refractivity contribution in [1.29, 1.82) is 0 Å². The molecule has 1 fully saturated rings. The van der Waals surface area contributed by atoms with Gasteiger partial charge < -0.3 is 9.42 Å². The third kappa shape index (κ3) is 3.01. The van der Waals surface area contributed by atoms with Crippen molar-refractivity contribution in [2.75, 3.05) is 18.8 Å². The number of rotatable bonds is 2. The highest BCUT2D eigenvalue weighted by Gasteiger charge is 2.26. The molecule has 0 aromatic carbocycles. The number of nitrogens with zero attached hydrogens (tertiary/aromatic N) is 2. The number of hydrogen-bond acceptors (Lipinski definition) is 5. The summed E-state index contributed by atoms with van der Waals surface area (Å²) in [5.74, 6) is 1.64. The molecule has 1 atom stereocenters. The SMILES string of the molecule is Cc1noc(C)c1C(=O)N1CCSC(c2cccs2)CC1. The third-order valence-corrected chi connectivity index (χ3v) is 6.18. The average molecular weight is 322 g/mol. The molecule has 1 saturated heterocycles. The summed E-state index contributed by atoms with van der Waals surface area (Å²) >= 11 is 3.75. The van der Waals surface area contributed by atoms with E-state index in [1.807, 2.05) is 23.6 Å². The molecule has 0 bridgehead atoms. The fourth-order valence-corrected chi connectivity index (χ4v) is 4.86. The first-order valence-corrected chi connectivity index (χ1v) is 8.97. The normalized spacial score (nSPS) is 19.5. The fraction of sp³-hybridized carbons (Fsp3) is 0.467. The van der Waals surface area contributed by atoms with Crippen molar-refractivity contribution in [2.24, 2.45) is 0 Å². The van der Waals surface area contributed by atoms with Crippen LogP contribution in [0.15, 0.2) is 22.0 Å². The van der Waals surface area contributed by atoms with Crippen LogP contribution in [0.25, 0.3) is 0 Å². The molecule has 2 aromatic heterocycles. The molecule has 2 aromatic rings. The zero-order valence-electron chi connectivity index (χ0n) is 12.2. The zero-order valence-corrected chi connectivity index (χ0v) is 13.8. The van der Waals surface area contributed by atoms with Crippen molar-refractivity contribution >= 4 is 29.0 Å². The monoisotopic (exact) mass is 322 g/mol. The Hall–Kier alpha value is -1.27. The van der Waals surface area contributed by atoms with Crippen molar-refractivity contribution in [2.45, 2.75) is 25.5 Å². The van der Waals surface area contributed by atoms with Crippen molar-refractivity contribution in [3.8, 4) is 0 Å². The van der Waals surface area contributed by atoms with E-state index in [1.54, 1.807) is 18.3 Å².